The Morgan fingerprint density at radius 1 is 1.05 bits per heavy atom. The van der Waals surface area contributed by atoms with Gasteiger partial charge in [-0.2, -0.15) is 0 Å². The fourth-order valence-electron chi connectivity index (χ4n) is 2.47. The minimum Gasteiger partial charge on any atom is -0.485 e. The number of rotatable bonds is 1. The molecule has 0 aliphatic carbocycles. The van der Waals surface area contributed by atoms with Gasteiger partial charge < -0.3 is 10.5 Å². The average molecular weight is 279 g/mol. The number of hydrogen-bond acceptors (Lipinski definition) is 2. The van der Waals surface area contributed by atoms with E-state index >= 15 is 0 Å². The van der Waals surface area contributed by atoms with Crippen molar-refractivity contribution in [2.45, 2.75) is 18.6 Å². The number of ether oxygens (including phenoxy) is 1. The van der Waals surface area contributed by atoms with Crippen molar-refractivity contribution >= 4 is 0 Å². The van der Waals surface area contributed by atoms with Crippen LogP contribution in [0.2, 0.25) is 0 Å². The van der Waals surface area contributed by atoms with Crippen LogP contribution in [0.15, 0.2) is 36.4 Å². The first-order valence-electron chi connectivity index (χ1n) is 6.22. The van der Waals surface area contributed by atoms with Crippen LogP contribution in [-0.4, -0.2) is 0 Å². The molecule has 0 saturated carbocycles. The third-order valence-electron chi connectivity index (χ3n) is 3.43. The van der Waals surface area contributed by atoms with Gasteiger partial charge in [0.1, 0.15) is 29.3 Å². The number of fused-ring (bicyclic) bond motifs is 1. The molecule has 1 aliphatic rings. The first kappa shape index (κ1) is 13.0. The highest BCUT2D eigenvalue weighted by Crippen LogP contribution is 2.41. The van der Waals surface area contributed by atoms with E-state index < -0.39 is 29.6 Å². The topological polar surface area (TPSA) is 35.2 Å². The van der Waals surface area contributed by atoms with Gasteiger partial charge in [-0.15, -0.1) is 0 Å². The zero-order valence-corrected chi connectivity index (χ0v) is 10.4. The minimum atomic E-state index is -0.861. The highest BCUT2D eigenvalue weighted by atomic mass is 19.1. The maximum atomic E-state index is 13.8. The molecule has 0 amide bonds. The number of nitrogens with two attached hydrogens (primary N) is 1. The van der Waals surface area contributed by atoms with Gasteiger partial charge in [0, 0.05) is 24.1 Å². The van der Waals surface area contributed by atoms with Crippen molar-refractivity contribution in [3.63, 3.8) is 0 Å². The molecule has 3 rings (SSSR count). The molecule has 0 radical (unpaired) electrons. The molecule has 2 unspecified atom stereocenters. The lowest BCUT2D eigenvalue weighted by Gasteiger charge is -2.30. The van der Waals surface area contributed by atoms with E-state index in [0.29, 0.717) is 5.56 Å². The Bertz CT molecular complexity index is 639. The van der Waals surface area contributed by atoms with E-state index in [-0.39, 0.29) is 17.7 Å². The summed E-state index contributed by atoms with van der Waals surface area (Å²) in [5.74, 6) is -1.63. The van der Waals surface area contributed by atoms with Crippen molar-refractivity contribution in [2.24, 2.45) is 5.73 Å². The standard InChI is InChI=1S/C15H12F3NO/c16-8-4-5-9-12(19)7-14(20-13(9)6-8)15-10(17)2-1-3-11(15)18/h1-6,12,14H,7,19H2. The molecule has 2 aromatic rings. The van der Waals surface area contributed by atoms with Crippen LogP contribution < -0.4 is 10.5 Å². The molecule has 0 fully saturated rings. The molecule has 104 valence electrons. The first-order valence-corrected chi connectivity index (χ1v) is 6.22. The van der Waals surface area contributed by atoms with Gasteiger partial charge in [-0.05, 0) is 18.2 Å². The summed E-state index contributed by atoms with van der Waals surface area (Å²) in [7, 11) is 0. The van der Waals surface area contributed by atoms with E-state index in [1.165, 1.54) is 24.3 Å². The van der Waals surface area contributed by atoms with Gasteiger partial charge in [0.15, 0.2) is 0 Å². The largest absolute Gasteiger partial charge is 0.485 e. The molecule has 20 heavy (non-hydrogen) atoms. The monoisotopic (exact) mass is 279 g/mol. The second kappa shape index (κ2) is 4.83. The Morgan fingerprint density at radius 2 is 1.75 bits per heavy atom. The number of benzene rings is 2. The summed E-state index contributed by atoms with van der Waals surface area (Å²) < 4.78 is 46.3. The van der Waals surface area contributed by atoms with Gasteiger partial charge in [-0.3, -0.25) is 0 Å². The second-order valence-corrected chi connectivity index (χ2v) is 4.77. The fourth-order valence-corrected chi connectivity index (χ4v) is 2.47. The van der Waals surface area contributed by atoms with E-state index in [0.717, 1.165) is 12.1 Å². The molecule has 1 aliphatic heterocycles. The summed E-state index contributed by atoms with van der Waals surface area (Å²) in [6, 6.07) is 7.14. The normalized spacial score (nSPS) is 21.2. The summed E-state index contributed by atoms with van der Waals surface area (Å²) in [6.07, 6.45) is -0.628. The van der Waals surface area contributed by atoms with E-state index in [1.807, 2.05) is 0 Å². The van der Waals surface area contributed by atoms with Gasteiger partial charge in [-0.1, -0.05) is 12.1 Å². The lowest BCUT2D eigenvalue weighted by atomic mass is 9.93. The van der Waals surface area contributed by atoms with Crippen molar-refractivity contribution in [3.05, 3.63) is 65.0 Å². The van der Waals surface area contributed by atoms with Crippen LogP contribution in [0.5, 0.6) is 5.75 Å². The van der Waals surface area contributed by atoms with Gasteiger partial charge in [0.25, 0.3) is 0 Å². The predicted octanol–water partition coefficient (Wildman–Crippen LogP) is 3.63. The summed E-state index contributed by atoms with van der Waals surface area (Å²) in [4.78, 5) is 0. The van der Waals surface area contributed by atoms with Crippen molar-refractivity contribution < 1.29 is 17.9 Å². The van der Waals surface area contributed by atoms with Crippen molar-refractivity contribution in [1.82, 2.24) is 0 Å². The summed E-state index contributed by atoms with van der Waals surface area (Å²) in [5, 5.41) is 0. The van der Waals surface area contributed by atoms with Crippen molar-refractivity contribution in [2.75, 3.05) is 0 Å². The Kier molecular flexibility index (Phi) is 3.14. The van der Waals surface area contributed by atoms with Gasteiger partial charge in [0.05, 0.1) is 5.56 Å². The lowest BCUT2D eigenvalue weighted by Crippen LogP contribution is -2.25. The Labute approximate surface area is 114 Å². The molecular formula is C15H12F3NO. The fraction of sp³-hybridized carbons (Fsp3) is 0.200. The SMILES string of the molecule is NC1CC(c2c(F)cccc2F)Oc2cc(F)ccc21. The van der Waals surface area contributed by atoms with E-state index in [9.17, 15) is 13.2 Å². The first-order chi connectivity index (χ1) is 9.56. The number of hydrogen-bond donors (Lipinski definition) is 1. The van der Waals surface area contributed by atoms with Crippen molar-refractivity contribution in [1.29, 1.82) is 0 Å². The zero-order valence-electron chi connectivity index (χ0n) is 10.4. The third kappa shape index (κ3) is 2.14. The molecule has 1 heterocycles. The quantitative estimate of drug-likeness (QED) is 0.865. The van der Waals surface area contributed by atoms with Crippen LogP contribution in [0.3, 0.4) is 0 Å². The summed E-state index contributed by atoms with van der Waals surface area (Å²) in [6.45, 7) is 0. The molecule has 0 aromatic heterocycles. The lowest BCUT2D eigenvalue weighted by molar-refractivity contribution is 0.152. The smallest absolute Gasteiger partial charge is 0.133 e. The minimum absolute atomic E-state index is 0.169. The predicted molar refractivity (Wildman–Crippen MR) is 67.7 cm³/mol. The Balaban J connectivity index is 2.03. The Hall–Kier alpha value is -2.01. The molecule has 0 spiro atoms. The summed E-state index contributed by atoms with van der Waals surface area (Å²) >= 11 is 0. The van der Waals surface area contributed by atoms with E-state index in [2.05, 4.69) is 0 Å². The average Bonchev–Trinajstić information content (AvgIpc) is 2.38. The highest BCUT2D eigenvalue weighted by Gasteiger charge is 2.31. The molecule has 0 bridgehead atoms. The molecule has 5 heteroatoms. The number of halogens is 3. The van der Waals surface area contributed by atoms with Crippen LogP contribution in [0.1, 0.15) is 29.7 Å². The van der Waals surface area contributed by atoms with Crippen LogP contribution in [0.4, 0.5) is 13.2 Å². The van der Waals surface area contributed by atoms with Crippen LogP contribution in [0, 0.1) is 17.5 Å². The highest BCUT2D eigenvalue weighted by molar-refractivity contribution is 5.40. The Morgan fingerprint density at radius 3 is 2.45 bits per heavy atom. The van der Waals surface area contributed by atoms with Crippen molar-refractivity contribution in [3.8, 4) is 5.75 Å². The maximum Gasteiger partial charge on any atom is 0.133 e. The molecular weight excluding hydrogens is 267 g/mol. The van der Waals surface area contributed by atoms with Crippen LogP contribution >= 0.6 is 0 Å². The van der Waals surface area contributed by atoms with Crippen LogP contribution in [-0.2, 0) is 0 Å². The summed E-state index contributed by atoms with van der Waals surface area (Å²) in [5.41, 5.74) is 6.45. The van der Waals surface area contributed by atoms with Gasteiger partial charge in [0.2, 0.25) is 0 Å². The molecule has 2 aromatic carbocycles. The molecule has 2 atom stereocenters. The van der Waals surface area contributed by atoms with Gasteiger partial charge in [-0.25, -0.2) is 13.2 Å². The van der Waals surface area contributed by atoms with E-state index in [1.54, 1.807) is 0 Å². The van der Waals surface area contributed by atoms with Gasteiger partial charge >= 0.3 is 0 Å². The van der Waals surface area contributed by atoms with E-state index in [4.69, 9.17) is 10.5 Å². The third-order valence-corrected chi connectivity index (χ3v) is 3.43. The maximum absolute atomic E-state index is 13.8. The second-order valence-electron chi connectivity index (χ2n) is 4.77. The van der Waals surface area contributed by atoms with Crippen LogP contribution in [0.25, 0.3) is 0 Å². The molecule has 0 saturated heterocycles. The molecule has 2 nitrogen and oxygen atoms in total. The molecule has 2 N–H and O–H groups in total. The zero-order chi connectivity index (χ0) is 14.3.